The first kappa shape index (κ1) is 33.0. The lowest BCUT2D eigenvalue weighted by atomic mass is 10.0. The number of morpholine rings is 1. The fourth-order valence-electron chi connectivity index (χ4n) is 4.78. The van der Waals surface area contributed by atoms with Crippen molar-refractivity contribution in [3.8, 4) is 11.5 Å². The number of nitrogens with zero attached hydrogens (tertiary/aromatic N) is 2. The number of nitrogens with one attached hydrogen (secondary N) is 1. The molecule has 0 aromatic heterocycles. The highest BCUT2D eigenvalue weighted by atomic mass is 32.2. The van der Waals surface area contributed by atoms with Gasteiger partial charge in [-0.25, -0.2) is 8.42 Å². The van der Waals surface area contributed by atoms with E-state index in [1.807, 2.05) is 68.4 Å². The third-order valence-electron chi connectivity index (χ3n) is 7.26. The lowest BCUT2D eigenvalue weighted by Gasteiger charge is -2.31. The molecule has 0 saturated carbocycles. The minimum atomic E-state index is -3.66. The average molecular weight is 624 g/mol. The van der Waals surface area contributed by atoms with Gasteiger partial charge in [-0.1, -0.05) is 56.3 Å². The Morgan fingerprint density at radius 2 is 1.55 bits per heavy atom. The predicted octanol–water partition coefficient (Wildman–Crippen LogP) is 3.51. The van der Waals surface area contributed by atoms with E-state index in [0.717, 1.165) is 11.1 Å². The lowest BCUT2D eigenvalue weighted by Crippen LogP contribution is -2.52. The van der Waals surface area contributed by atoms with Crippen LogP contribution in [0.2, 0.25) is 0 Å². The molecule has 3 aromatic carbocycles. The summed E-state index contributed by atoms with van der Waals surface area (Å²) in [5.74, 6) is 0.631. The molecular weight excluding hydrogens is 582 g/mol. The summed E-state index contributed by atoms with van der Waals surface area (Å²) in [6, 6.07) is 22.1. The molecule has 1 aliphatic heterocycles. The average Bonchev–Trinajstić information content (AvgIpc) is 3.05. The number of rotatable bonds is 14. The summed E-state index contributed by atoms with van der Waals surface area (Å²) in [5.41, 5.74) is 1.74. The minimum absolute atomic E-state index is 0.143. The number of sulfonamides is 1. The number of amides is 2. The van der Waals surface area contributed by atoms with Gasteiger partial charge in [-0.15, -0.1) is 0 Å². The first-order valence-electron chi connectivity index (χ1n) is 14.7. The van der Waals surface area contributed by atoms with Crippen molar-refractivity contribution in [3.63, 3.8) is 0 Å². The molecule has 236 valence electrons. The van der Waals surface area contributed by atoms with Crippen LogP contribution in [0.25, 0.3) is 0 Å². The third kappa shape index (κ3) is 9.04. The number of methoxy groups -OCH3 is 1. The van der Waals surface area contributed by atoms with Gasteiger partial charge in [0.15, 0.2) is 6.61 Å². The summed E-state index contributed by atoms with van der Waals surface area (Å²) in [4.78, 5) is 29.1. The van der Waals surface area contributed by atoms with Crippen LogP contribution in [0.5, 0.6) is 11.5 Å². The number of hydrogen-bond acceptors (Lipinski definition) is 7. The first-order valence-corrected chi connectivity index (χ1v) is 16.2. The van der Waals surface area contributed by atoms with E-state index in [0.29, 0.717) is 50.8 Å². The maximum absolute atomic E-state index is 13.8. The highest BCUT2D eigenvalue weighted by Crippen LogP contribution is 2.22. The second kappa shape index (κ2) is 15.7. The van der Waals surface area contributed by atoms with Crippen molar-refractivity contribution in [1.82, 2.24) is 14.5 Å². The number of benzene rings is 3. The van der Waals surface area contributed by atoms with Gasteiger partial charge in [0.1, 0.15) is 17.5 Å². The zero-order chi connectivity index (χ0) is 31.5. The van der Waals surface area contributed by atoms with Gasteiger partial charge in [0.05, 0.1) is 25.2 Å². The second-order valence-corrected chi connectivity index (χ2v) is 12.9. The van der Waals surface area contributed by atoms with Crippen LogP contribution in [0, 0.1) is 5.92 Å². The van der Waals surface area contributed by atoms with Crippen molar-refractivity contribution >= 4 is 21.8 Å². The van der Waals surface area contributed by atoms with E-state index in [9.17, 15) is 18.0 Å². The molecule has 44 heavy (non-hydrogen) atoms. The normalized spacial score (nSPS) is 14.5. The van der Waals surface area contributed by atoms with E-state index in [1.165, 1.54) is 28.6 Å². The minimum Gasteiger partial charge on any atom is -0.497 e. The van der Waals surface area contributed by atoms with Gasteiger partial charge in [-0.05, 0) is 53.4 Å². The van der Waals surface area contributed by atoms with E-state index < -0.39 is 16.1 Å². The van der Waals surface area contributed by atoms with Gasteiger partial charge in [-0.3, -0.25) is 9.59 Å². The Balaban J connectivity index is 1.54. The SMILES string of the molecule is COc1ccc(CN(C(=O)COc2ccc(S(=O)(=O)N3CCOCC3)cc2)[C@@H](Cc2ccccc2)C(=O)NCC(C)C)cc1. The largest absolute Gasteiger partial charge is 0.497 e. The van der Waals surface area contributed by atoms with Crippen molar-refractivity contribution in [1.29, 1.82) is 0 Å². The predicted molar refractivity (Wildman–Crippen MR) is 167 cm³/mol. The Morgan fingerprint density at radius 1 is 0.909 bits per heavy atom. The quantitative estimate of drug-likeness (QED) is 0.292. The molecule has 10 nitrogen and oxygen atoms in total. The van der Waals surface area contributed by atoms with Crippen molar-refractivity contribution in [2.75, 3.05) is 46.6 Å². The molecule has 4 rings (SSSR count). The van der Waals surface area contributed by atoms with E-state index in [-0.39, 0.29) is 35.8 Å². The standard InChI is InChI=1S/C33H41N3O7S/c1-25(2)22-34-33(38)31(21-26-7-5-4-6-8-26)36(23-27-9-11-28(41-3)12-10-27)32(37)24-43-29-13-15-30(16-14-29)44(39,40)35-17-19-42-20-18-35/h4-16,25,31H,17-24H2,1-3H3,(H,34,38)/t31-/m0/s1. The third-order valence-corrected chi connectivity index (χ3v) is 9.17. The van der Waals surface area contributed by atoms with Crippen LogP contribution >= 0.6 is 0 Å². The van der Waals surface area contributed by atoms with E-state index in [1.54, 1.807) is 12.0 Å². The van der Waals surface area contributed by atoms with Crippen LogP contribution in [0.15, 0.2) is 83.8 Å². The summed E-state index contributed by atoms with van der Waals surface area (Å²) in [6.07, 6.45) is 0.320. The van der Waals surface area contributed by atoms with Crippen molar-refractivity contribution < 1.29 is 32.2 Å². The molecule has 0 aliphatic carbocycles. The van der Waals surface area contributed by atoms with Crippen LogP contribution < -0.4 is 14.8 Å². The molecule has 1 N–H and O–H groups in total. The van der Waals surface area contributed by atoms with Crippen LogP contribution in [0.1, 0.15) is 25.0 Å². The highest BCUT2D eigenvalue weighted by Gasteiger charge is 2.31. The number of ether oxygens (including phenoxy) is 3. The molecule has 1 fully saturated rings. The highest BCUT2D eigenvalue weighted by molar-refractivity contribution is 7.89. The van der Waals surface area contributed by atoms with Crippen LogP contribution in [0.4, 0.5) is 0 Å². The fourth-order valence-corrected chi connectivity index (χ4v) is 6.18. The maximum Gasteiger partial charge on any atom is 0.261 e. The van der Waals surface area contributed by atoms with Gasteiger partial charge in [-0.2, -0.15) is 4.31 Å². The summed E-state index contributed by atoms with van der Waals surface area (Å²) >= 11 is 0. The van der Waals surface area contributed by atoms with Crippen molar-refractivity contribution in [3.05, 3.63) is 90.0 Å². The Kier molecular flexibility index (Phi) is 11.8. The molecule has 0 unspecified atom stereocenters. The molecule has 0 radical (unpaired) electrons. The Hall–Kier alpha value is -3.93. The summed E-state index contributed by atoms with van der Waals surface area (Å²) < 4.78 is 43.7. The Bertz CT molecular complexity index is 1460. The molecule has 0 spiro atoms. The Labute approximate surface area is 260 Å². The van der Waals surface area contributed by atoms with Gasteiger partial charge < -0.3 is 24.4 Å². The zero-order valence-electron chi connectivity index (χ0n) is 25.5. The molecule has 0 bridgehead atoms. The number of carbonyl (C=O) groups is 2. The zero-order valence-corrected chi connectivity index (χ0v) is 26.3. The molecular formula is C33H41N3O7S. The van der Waals surface area contributed by atoms with Crippen molar-refractivity contribution in [2.45, 2.75) is 37.8 Å². The monoisotopic (exact) mass is 623 g/mol. The van der Waals surface area contributed by atoms with E-state index in [4.69, 9.17) is 14.2 Å². The van der Waals surface area contributed by atoms with Gasteiger partial charge in [0, 0.05) is 32.6 Å². The molecule has 1 heterocycles. The molecule has 1 saturated heterocycles. The molecule has 2 amide bonds. The topological polar surface area (TPSA) is 114 Å². The molecule has 1 aliphatic rings. The van der Waals surface area contributed by atoms with Crippen LogP contribution in [0.3, 0.4) is 0 Å². The molecule has 3 aromatic rings. The summed E-state index contributed by atoms with van der Waals surface area (Å²) in [6.45, 7) is 5.65. The summed E-state index contributed by atoms with van der Waals surface area (Å²) in [7, 11) is -2.07. The van der Waals surface area contributed by atoms with Gasteiger partial charge in [0.25, 0.3) is 5.91 Å². The Morgan fingerprint density at radius 3 is 2.16 bits per heavy atom. The van der Waals surface area contributed by atoms with Gasteiger partial charge in [0.2, 0.25) is 15.9 Å². The van der Waals surface area contributed by atoms with Gasteiger partial charge >= 0.3 is 0 Å². The van der Waals surface area contributed by atoms with Crippen LogP contribution in [-0.4, -0.2) is 82.0 Å². The lowest BCUT2D eigenvalue weighted by molar-refractivity contribution is -0.142. The molecule has 1 atom stereocenters. The van der Waals surface area contributed by atoms with E-state index >= 15 is 0 Å². The van der Waals surface area contributed by atoms with Crippen LogP contribution in [-0.2, 0) is 37.3 Å². The maximum atomic E-state index is 13.8. The van der Waals surface area contributed by atoms with E-state index in [2.05, 4.69) is 5.32 Å². The number of carbonyl (C=O) groups excluding carboxylic acids is 2. The van der Waals surface area contributed by atoms with Crippen molar-refractivity contribution in [2.24, 2.45) is 5.92 Å². The smallest absolute Gasteiger partial charge is 0.261 e. The number of hydrogen-bond donors (Lipinski definition) is 1. The first-order chi connectivity index (χ1) is 21.2. The summed E-state index contributed by atoms with van der Waals surface area (Å²) in [5, 5.41) is 3.00. The second-order valence-electron chi connectivity index (χ2n) is 11.0. The molecule has 11 heteroatoms. The fraction of sp³-hybridized carbons (Fsp3) is 0.394.